The summed E-state index contributed by atoms with van der Waals surface area (Å²) in [7, 11) is 3.11. The van der Waals surface area contributed by atoms with Gasteiger partial charge in [0, 0.05) is 13.6 Å². The molecule has 144 valence electrons. The highest BCUT2D eigenvalue weighted by Crippen LogP contribution is 2.34. The number of carbonyl (C=O) groups excluding carboxylic acids is 3. The molecule has 1 aliphatic rings. The fourth-order valence-corrected chi connectivity index (χ4v) is 3.15. The second-order valence-corrected chi connectivity index (χ2v) is 6.49. The number of benzene rings is 1. The van der Waals surface area contributed by atoms with E-state index in [4.69, 9.17) is 10.00 Å². The lowest BCUT2D eigenvalue weighted by Crippen LogP contribution is -2.45. The second kappa shape index (κ2) is 8.08. The molecule has 4 amide bonds. The zero-order valence-corrected chi connectivity index (χ0v) is 16.0. The molecule has 0 spiro atoms. The number of urea groups is 1. The number of carbonyl (C=O) groups is 3. The van der Waals surface area contributed by atoms with E-state index in [-0.39, 0.29) is 19.5 Å². The fraction of sp³-hybridized carbons (Fsp3) is 0.474. The van der Waals surface area contributed by atoms with Crippen molar-refractivity contribution in [3.63, 3.8) is 0 Å². The monoisotopic (exact) mass is 372 g/mol. The van der Waals surface area contributed by atoms with Crippen LogP contribution in [0.4, 0.5) is 4.79 Å². The Balaban J connectivity index is 2.27. The first kappa shape index (κ1) is 20.2. The summed E-state index contributed by atoms with van der Waals surface area (Å²) < 4.78 is 5.25. The number of imide groups is 1. The molecule has 1 unspecified atom stereocenters. The predicted molar refractivity (Wildman–Crippen MR) is 97.8 cm³/mol. The molecule has 1 fully saturated rings. The summed E-state index contributed by atoms with van der Waals surface area (Å²) in [5.41, 5.74) is 0.282. The fourth-order valence-electron chi connectivity index (χ4n) is 3.15. The molecule has 1 heterocycles. The quantitative estimate of drug-likeness (QED) is 0.731. The third-order valence-electron chi connectivity index (χ3n) is 4.87. The van der Waals surface area contributed by atoms with E-state index in [0.717, 1.165) is 10.5 Å². The Labute approximate surface area is 158 Å². The summed E-state index contributed by atoms with van der Waals surface area (Å²) in [4.78, 5) is 40.1. The van der Waals surface area contributed by atoms with Crippen molar-refractivity contribution >= 4 is 17.8 Å². The van der Waals surface area contributed by atoms with Crippen LogP contribution in [0.3, 0.4) is 0 Å². The minimum Gasteiger partial charge on any atom is -0.496 e. The zero-order valence-electron chi connectivity index (χ0n) is 16.0. The van der Waals surface area contributed by atoms with Crippen molar-refractivity contribution in [2.45, 2.75) is 32.2 Å². The molecule has 1 aromatic rings. The minimum atomic E-state index is -1.21. The molecule has 0 saturated carbocycles. The average Bonchev–Trinajstić information content (AvgIpc) is 2.90. The average molecular weight is 372 g/mol. The lowest BCUT2D eigenvalue weighted by atomic mass is 9.86. The number of nitriles is 1. The topological polar surface area (TPSA) is 103 Å². The van der Waals surface area contributed by atoms with Crippen molar-refractivity contribution in [2.24, 2.45) is 0 Å². The Kier molecular flexibility index (Phi) is 6.05. The Bertz CT molecular complexity index is 801. The van der Waals surface area contributed by atoms with Crippen molar-refractivity contribution in [3.05, 3.63) is 29.3 Å². The number of rotatable bonds is 7. The summed E-state index contributed by atoms with van der Waals surface area (Å²) in [6.45, 7) is 3.56. The Morgan fingerprint density at radius 1 is 1.41 bits per heavy atom. The number of ether oxygens (including phenoxy) is 1. The molecule has 8 heteroatoms. The molecular weight excluding hydrogens is 348 g/mol. The molecule has 0 radical (unpaired) electrons. The van der Waals surface area contributed by atoms with Gasteiger partial charge >= 0.3 is 6.03 Å². The zero-order chi connectivity index (χ0) is 20.2. The number of likely N-dealkylation sites (N-methyl/N-ethyl adjacent to an activating group) is 1. The third kappa shape index (κ3) is 3.72. The molecule has 8 nitrogen and oxygen atoms in total. The van der Waals surface area contributed by atoms with Crippen molar-refractivity contribution in [1.82, 2.24) is 15.1 Å². The highest BCUT2D eigenvalue weighted by atomic mass is 16.5. The molecule has 1 saturated heterocycles. The Hall–Kier alpha value is -3.08. The molecule has 27 heavy (non-hydrogen) atoms. The van der Waals surface area contributed by atoms with Crippen LogP contribution >= 0.6 is 0 Å². The van der Waals surface area contributed by atoms with Gasteiger partial charge in [0.25, 0.3) is 5.91 Å². The predicted octanol–water partition coefficient (Wildman–Crippen LogP) is 1.53. The van der Waals surface area contributed by atoms with Gasteiger partial charge in [-0.3, -0.25) is 14.5 Å². The van der Waals surface area contributed by atoms with Crippen LogP contribution < -0.4 is 10.1 Å². The number of nitrogens with zero attached hydrogens (tertiary/aromatic N) is 3. The van der Waals surface area contributed by atoms with Gasteiger partial charge in [-0.15, -0.1) is 0 Å². The molecule has 0 aliphatic carbocycles. The van der Waals surface area contributed by atoms with Gasteiger partial charge in [0.15, 0.2) is 0 Å². The van der Waals surface area contributed by atoms with E-state index in [9.17, 15) is 14.4 Å². The summed E-state index contributed by atoms with van der Waals surface area (Å²) in [6, 6.07) is 6.67. The number of amides is 4. The smallest absolute Gasteiger partial charge is 0.325 e. The highest BCUT2D eigenvalue weighted by molar-refractivity contribution is 6.09. The van der Waals surface area contributed by atoms with Crippen molar-refractivity contribution in [1.29, 1.82) is 5.26 Å². The highest BCUT2D eigenvalue weighted by Gasteiger charge is 2.51. The van der Waals surface area contributed by atoms with Crippen LogP contribution in [0.1, 0.15) is 30.9 Å². The maximum Gasteiger partial charge on any atom is 0.325 e. The molecule has 1 aromatic carbocycles. The van der Waals surface area contributed by atoms with E-state index < -0.39 is 23.4 Å². The van der Waals surface area contributed by atoms with E-state index in [0.29, 0.717) is 17.7 Å². The Morgan fingerprint density at radius 2 is 2.11 bits per heavy atom. The van der Waals surface area contributed by atoms with E-state index in [1.165, 1.54) is 11.9 Å². The number of aryl methyl sites for hydroxylation is 1. The van der Waals surface area contributed by atoms with Crippen LogP contribution in [0, 0.1) is 18.3 Å². The van der Waals surface area contributed by atoms with Crippen LogP contribution in [0.15, 0.2) is 18.2 Å². The molecule has 0 bridgehead atoms. The van der Waals surface area contributed by atoms with Gasteiger partial charge in [-0.05, 0) is 36.6 Å². The van der Waals surface area contributed by atoms with Gasteiger partial charge < -0.3 is 15.0 Å². The maximum atomic E-state index is 13.1. The first-order chi connectivity index (χ1) is 12.8. The summed E-state index contributed by atoms with van der Waals surface area (Å²) in [5, 5.41) is 11.4. The second-order valence-electron chi connectivity index (χ2n) is 6.49. The van der Waals surface area contributed by atoms with Gasteiger partial charge in [-0.1, -0.05) is 13.0 Å². The summed E-state index contributed by atoms with van der Waals surface area (Å²) in [6.07, 6.45) is 0.532. The first-order valence-electron chi connectivity index (χ1n) is 8.70. The summed E-state index contributed by atoms with van der Waals surface area (Å²) in [5.74, 6) is -0.166. The van der Waals surface area contributed by atoms with E-state index in [2.05, 4.69) is 5.32 Å². The molecule has 1 aliphatic heterocycles. The number of nitrogens with one attached hydrogen (secondary N) is 1. The van der Waals surface area contributed by atoms with E-state index in [1.54, 1.807) is 19.2 Å². The van der Waals surface area contributed by atoms with Gasteiger partial charge in [-0.25, -0.2) is 4.79 Å². The third-order valence-corrected chi connectivity index (χ3v) is 4.87. The van der Waals surface area contributed by atoms with Gasteiger partial charge in [0.2, 0.25) is 5.91 Å². The minimum absolute atomic E-state index is 0.187. The van der Waals surface area contributed by atoms with Crippen LogP contribution in [0.5, 0.6) is 5.75 Å². The number of methoxy groups -OCH3 is 1. The number of hydrogen-bond acceptors (Lipinski definition) is 5. The summed E-state index contributed by atoms with van der Waals surface area (Å²) >= 11 is 0. The number of hydrogen-bond donors (Lipinski definition) is 1. The lowest BCUT2D eigenvalue weighted by Gasteiger charge is -2.27. The van der Waals surface area contributed by atoms with Crippen molar-refractivity contribution in [3.8, 4) is 11.8 Å². The largest absolute Gasteiger partial charge is 0.496 e. The van der Waals surface area contributed by atoms with Crippen molar-refractivity contribution < 1.29 is 19.1 Å². The standard InChI is InChI=1S/C19H24N4O4/c1-5-19(14-7-8-15(27-4)13(2)11-14)17(25)23(18(26)21-19)12-16(24)22(3)10-6-9-20/h7-8,11H,5-6,10,12H2,1-4H3,(H,21,26). The molecule has 2 rings (SSSR count). The normalized spacial score (nSPS) is 18.9. The van der Waals surface area contributed by atoms with E-state index >= 15 is 0 Å². The van der Waals surface area contributed by atoms with Crippen LogP contribution in [0.2, 0.25) is 0 Å². The molecule has 1 N–H and O–H groups in total. The van der Waals surface area contributed by atoms with Gasteiger partial charge in [-0.2, -0.15) is 5.26 Å². The maximum absolute atomic E-state index is 13.1. The van der Waals surface area contributed by atoms with Gasteiger partial charge in [0.05, 0.1) is 19.6 Å². The van der Waals surface area contributed by atoms with Crippen LogP contribution in [-0.4, -0.2) is 54.9 Å². The SMILES string of the molecule is CCC1(c2ccc(OC)c(C)c2)NC(=O)N(CC(=O)N(C)CCC#N)C1=O. The van der Waals surface area contributed by atoms with Crippen LogP contribution in [0.25, 0.3) is 0 Å². The van der Waals surface area contributed by atoms with Crippen LogP contribution in [-0.2, 0) is 15.1 Å². The Morgan fingerprint density at radius 3 is 2.67 bits per heavy atom. The van der Waals surface area contributed by atoms with Gasteiger partial charge in [0.1, 0.15) is 17.8 Å². The molecule has 0 aromatic heterocycles. The lowest BCUT2D eigenvalue weighted by molar-refractivity contribution is -0.138. The molecule has 1 atom stereocenters. The molecular formula is C19H24N4O4. The first-order valence-corrected chi connectivity index (χ1v) is 8.70. The van der Waals surface area contributed by atoms with Crippen molar-refractivity contribution in [2.75, 3.05) is 27.2 Å². The van der Waals surface area contributed by atoms with E-state index in [1.807, 2.05) is 26.0 Å².